The second-order valence-corrected chi connectivity index (χ2v) is 7.87. The molecule has 28 heavy (non-hydrogen) atoms. The van der Waals surface area contributed by atoms with Crippen molar-refractivity contribution in [1.82, 2.24) is 9.97 Å². The summed E-state index contributed by atoms with van der Waals surface area (Å²) in [6.07, 6.45) is 1.76. The van der Waals surface area contributed by atoms with E-state index >= 15 is 0 Å². The molecule has 0 spiro atoms. The van der Waals surface area contributed by atoms with Crippen molar-refractivity contribution in [3.8, 4) is 16.9 Å². The molecular formula is C22H17ClN2O2S. The van der Waals surface area contributed by atoms with E-state index in [4.69, 9.17) is 16.3 Å². The van der Waals surface area contributed by atoms with Gasteiger partial charge in [0.15, 0.2) is 5.82 Å². The van der Waals surface area contributed by atoms with Gasteiger partial charge in [-0.15, -0.1) is 11.3 Å². The van der Waals surface area contributed by atoms with Crippen LogP contribution in [0.4, 0.5) is 0 Å². The number of halogens is 1. The first-order chi connectivity index (χ1) is 13.6. The zero-order chi connectivity index (χ0) is 19.7. The molecule has 2 aromatic carbocycles. The number of H-pyrrole nitrogens is 1. The zero-order valence-corrected chi connectivity index (χ0v) is 16.9. The van der Waals surface area contributed by atoms with Gasteiger partial charge in [-0.1, -0.05) is 54.1 Å². The van der Waals surface area contributed by atoms with Gasteiger partial charge in [0, 0.05) is 10.4 Å². The number of hydrogen-bond acceptors (Lipinski definition) is 4. The van der Waals surface area contributed by atoms with Gasteiger partial charge in [-0.2, -0.15) is 0 Å². The number of aromatic amines is 1. The lowest BCUT2D eigenvalue weighted by Gasteiger charge is -2.03. The molecule has 4 rings (SSSR count). The number of methoxy groups -OCH3 is 1. The van der Waals surface area contributed by atoms with Crippen LogP contribution in [0.15, 0.2) is 59.4 Å². The molecule has 0 aliphatic rings. The highest BCUT2D eigenvalue weighted by Crippen LogP contribution is 2.36. The summed E-state index contributed by atoms with van der Waals surface area (Å²) in [5.41, 5.74) is 2.60. The molecule has 0 radical (unpaired) electrons. The van der Waals surface area contributed by atoms with Crippen LogP contribution < -0.4 is 10.3 Å². The van der Waals surface area contributed by atoms with Crippen LogP contribution in [0.5, 0.6) is 5.75 Å². The maximum absolute atomic E-state index is 12.9. The van der Waals surface area contributed by atoms with Crippen LogP contribution in [0.3, 0.4) is 0 Å². The number of ether oxygens (including phenoxy) is 1. The average molecular weight is 409 g/mol. The Morgan fingerprint density at radius 1 is 1.18 bits per heavy atom. The fourth-order valence-corrected chi connectivity index (χ4v) is 4.39. The molecule has 2 heterocycles. The fraction of sp³-hybridized carbons (Fsp3) is 0.0909. The summed E-state index contributed by atoms with van der Waals surface area (Å²) in [5, 5.41) is 0.961. The standard InChI is InChI=1S/C22H17ClN2O2S/c1-13-18(15-8-4-3-5-9-15)19-21(26)24-20(25-22(19)28-13)17(23)12-14-7-6-10-16(11-14)27-2/h3-12H,1-2H3,(H,24,25,26)/b17-12-. The normalized spacial score (nSPS) is 11.8. The summed E-state index contributed by atoms with van der Waals surface area (Å²) in [6, 6.07) is 17.4. The number of aromatic nitrogens is 2. The van der Waals surface area contributed by atoms with Crippen molar-refractivity contribution < 1.29 is 4.74 Å². The Morgan fingerprint density at radius 3 is 2.71 bits per heavy atom. The van der Waals surface area contributed by atoms with Gasteiger partial charge in [0.2, 0.25) is 0 Å². The van der Waals surface area contributed by atoms with E-state index in [2.05, 4.69) is 9.97 Å². The molecule has 0 atom stereocenters. The fourth-order valence-electron chi connectivity index (χ4n) is 3.13. The van der Waals surface area contributed by atoms with Gasteiger partial charge >= 0.3 is 0 Å². The van der Waals surface area contributed by atoms with Crippen molar-refractivity contribution in [2.24, 2.45) is 0 Å². The van der Waals surface area contributed by atoms with E-state index in [9.17, 15) is 4.79 Å². The summed E-state index contributed by atoms with van der Waals surface area (Å²) in [7, 11) is 1.61. The van der Waals surface area contributed by atoms with Crippen LogP contribution in [-0.4, -0.2) is 17.1 Å². The molecule has 4 nitrogen and oxygen atoms in total. The first-order valence-corrected chi connectivity index (χ1v) is 9.86. The number of thiophene rings is 1. The second kappa shape index (κ2) is 7.62. The Bertz CT molecular complexity index is 1240. The minimum Gasteiger partial charge on any atom is -0.497 e. The Kier molecular flexibility index (Phi) is 5.03. The summed E-state index contributed by atoms with van der Waals surface area (Å²) in [6.45, 7) is 2.00. The lowest BCUT2D eigenvalue weighted by molar-refractivity contribution is 0.414. The molecule has 0 aliphatic heterocycles. The molecule has 4 aromatic rings. The number of aryl methyl sites for hydroxylation is 1. The van der Waals surface area contributed by atoms with E-state index < -0.39 is 0 Å². The van der Waals surface area contributed by atoms with Crippen LogP contribution in [0, 0.1) is 6.92 Å². The van der Waals surface area contributed by atoms with Crippen LogP contribution in [0.1, 0.15) is 16.3 Å². The van der Waals surface area contributed by atoms with Gasteiger partial charge in [-0.05, 0) is 36.3 Å². The predicted molar refractivity (Wildman–Crippen MR) is 117 cm³/mol. The highest BCUT2D eigenvalue weighted by atomic mass is 35.5. The number of nitrogens with zero attached hydrogens (tertiary/aromatic N) is 1. The molecule has 0 bridgehead atoms. The molecule has 0 fully saturated rings. The van der Waals surface area contributed by atoms with Gasteiger partial charge in [0.25, 0.3) is 5.56 Å². The quantitative estimate of drug-likeness (QED) is 0.470. The van der Waals surface area contributed by atoms with E-state index in [0.717, 1.165) is 27.3 Å². The van der Waals surface area contributed by atoms with Crippen LogP contribution >= 0.6 is 22.9 Å². The van der Waals surface area contributed by atoms with E-state index in [0.29, 0.717) is 21.1 Å². The summed E-state index contributed by atoms with van der Waals surface area (Å²) < 4.78 is 5.23. The molecule has 6 heteroatoms. The summed E-state index contributed by atoms with van der Waals surface area (Å²) >= 11 is 7.96. The van der Waals surface area contributed by atoms with Gasteiger partial charge in [-0.25, -0.2) is 4.98 Å². The average Bonchev–Trinajstić information content (AvgIpc) is 3.05. The van der Waals surface area contributed by atoms with Gasteiger partial charge < -0.3 is 9.72 Å². The van der Waals surface area contributed by atoms with Crippen molar-refractivity contribution in [1.29, 1.82) is 0 Å². The molecule has 0 saturated carbocycles. The Morgan fingerprint density at radius 2 is 1.96 bits per heavy atom. The monoisotopic (exact) mass is 408 g/mol. The van der Waals surface area contributed by atoms with E-state index in [1.54, 1.807) is 13.2 Å². The lowest BCUT2D eigenvalue weighted by Crippen LogP contribution is -2.10. The lowest BCUT2D eigenvalue weighted by atomic mass is 10.0. The molecule has 1 N–H and O–H groups in total. The summed E-state index contributed by atoms with van der Waals surface area (Å²) in [5.74, 6) is 1.08. The molecule has 140 valence electrons. The zero-order valence-electron chi connectivity index (χ0n) is 15.3. The third kappa shape index (κ3) is 3.46. The molecule has 0 aliphatic carbocycles. The Hall–Kier alpha value is -2.89. The Balaban J connectivity index is 1.82. The largest absolute Gasteiger partial charge is 0.497 e. The SMILES string of the molecule is COc1cccc(/C=C(\Cl)c2nc3sc(C)c(-c4ccccc4)c3c(=O)[nH]2)c1. The predicted octanol–water partition coefficient (Wildman–Crippen LogP) is 5.71. The van der Waals surface area contributed by atoms with Gasteiger partial charge in [0.05, 0.1) is 17.5 Å². The number of nitrogens with one attached hydrogen (secondary N) is 1. The minimum atomic E-state index is -0.194. The maximum atomic E-state index is 12.9. The van der Waals surface area contributed by atoms with Crippen molar-refractivity contribution in [2.75, 3.05) is 7.11 Å². The molecule has 2 aromatic heterocycles. The highest BCUT2D eigenvalue weighted by molar-refractivity contribution is 7.19. The first-order valence-electron chi connectivity index (χ1n) is 8.67. The van der Waals surface area contributed by atoms with E-state index in [-0.39, 0.29) is 5.56 Å². The smallest absolute Gasteiger partial charge is 0.260 e. The third-order valence-electron chi connectivity index (χ3n) is 4.41. The summed E-state index contributed by atoms with van der Waals surface area (Å²) in [4.78, 5) is 22.0. The number of fused-ring (bicyclic) bond motifs is 1. The van der Waals surface area contributed by atoms with Crippen molar-refractivity contribution in [3.05, 3.63) is 81.2 Å². The topological polar surface area (TPSA) is 55.0 Å². The van der Waals surface area contributed by atoms with Crippen molar-refractivity contribution in [3.63, 3.8) is 0 Å². The number of benzene rings is 2. The number of rotatable bonds is 4. The second-order valence-electron chi connectivity index (χ2n) is 6.26. The minimum absolute atomic E-state index is 0.194. The van der Waals surface area contributed by atoms with E-state index in [1.807, 2.05) is 61.5 Å². The molecule has 0 unspecified atom stereocenters. The molecule has 0 amide bonds. The van der Waals surface area contributed by atoms with Crippen molar-refractivity contribution in [2.45, 2.75) is 6.92 Å². The van der Waals surface area contributed by atoms with Gasteiger partial charge in [0.1, 0.15) is 10.6 Å². The number of hydrogen-bond donors (Lipinski definition) is 1. The van der Waals surface area contributed by atoms with Crippen molar-refractivity contribution >= 4 is 44.3 Å². The van der Waals surface area contributed by atoms with E-state index in [1.165, 1.54) is 11.3 Å². The molecular weight excluding hydrogens is 392 g/mol. The van der Waals surface area contributed by atoms with Crippen LogP contribution in [0.2, 0.25) is 0 Å². The van der Waals surface area contributed by atoms with Crippen LogP contribution in [0.25, 0.3) is 32.5 Å². The Labute approximate surface area is 171 Å². The first kappa shape index (κ1) is 18.5. The third-order valence-corrected chi connectivity index (χ3v) is 5.70. The molecule has 0 saturated heterocycles. The van der Waals surface area contributed by atoms with Crippen LogP contribution in [-0.2, 0) is 0 Å². The highest BCUT2D eigenvalue weighted by Gasteiger charge is 2.17. The van der Waals surface area contributed by atoms with Gasteiger partial charge in [-0.3, -0.25) is 4.79 Å². The maximum Gasteiger partial charge on any atom is 0.260 e.